The van der Waals surface area contributed by atoms with Crippen LogP contribution in [0.2, 0.25) is 0 Å². The summed E-state index contributed by atoms with van der Waals surface area (Å²) in [7, 11) is 0. The van der Waals surface area contributed by atoms with E-state index in [0.717, 1.165) is 23.9 Å². The van der Waals surface area contributed by atoms with Gasteiger partial charge in [0.1, 0.15) is 0 Å². The van der Waals surface area contributed by atoms with Gasteiger partial charge in [0.25, 0.3) is 0 Å². The summed E-state index contributed by atoms with van der Waals surface area (Å²) >= 11 is 1.01. The average Bonchev–Trinajstić information content (AvgIpc) is 2.68. The number of para-hydroxylation sites is 1. The van der Waals surface area contributed by atoms with E-state index in [9.17, 15) is 27.6 Å². The van der Waals surface area contributed by atoms with Crippen molar-refractivity contribution in [1.29, 1.82) is 0 Å². The van der Waals surface area contributed by atoms with Gasteiger partial charge in [0.15, 0.2) is 0 Å². The maximum absolute atomic E-state index is 12.8. The van der Waals surface area contributed by atoms with Crippen molar-refractivity contribution in [3.8, 4) is 0 Å². The van der Waals surface area contributed by atoms with Crippen molar-refractivity contribution in [3.63, 3.8) is 0 Å². The lowest BCUT2D eigenvalue weighted by atomic mass is 10.1. The zero-order valence-corrected chi connectivity index (χ0v) is 16.5. The molecular formula is C20H17F3N2O4S. The van der Waals surface area contributed by atoms with Crippen LogP contribution in [0.25, 0.3) is 0 Å². The van der Waals surface area contributed by atoms with Gasteiger partial charge in [-0.15, -0.1) is 11.8 Å². The van der Waals surface area contributed by atoms with Crippen LogP contribution >= 0.6 is 11.8 Å². The number of hydrogen-bond acceptors (Lipinski definition) is 5. The average molecular weight is 438 g/mol. The first-order valence-electron chi connectivity index (χ1n) is 8.93. The molecule has 0 aliphatic carbocycles. The molecule has 0 radical (unpaired) electrons. The number of benzene rings is 2. The molecule has 0 aromatic heterocycles. The van der Waals surface area contributed by atoms with Gasteiger partial charge < -0.3 is 15.4 Å². The highest BCUT2D eigenvalue weighted by atomic mass is 32.2. The van der Waals surface area contributed by atoms with Crippen molar-refractivity contribution in [1.82, 2.24) is 0 Å². The van der Waals surface area contributed by atoms with Crippen molar-refractivity contribution in [2.45, 2.75) is 29.7 Å². The van der Waals surface area contributed by atoms with Crippen molar-refractivity contribution in [3.05, 3.63) is 53.6 Å². The number of alkyl halides is 3. The van der Waals surface area contributed by atoms with E-state index in [1.54, 1.807) is 19.1 Å². The molecule has 1 atom stereocenters. The highest BCUT2D eigenvalue weighted by molar-refractivity contribution is 8.01. The molecule has 0 unspecified atom stereocenters. The van der Waals surface area contributed by atoms with Crippen molar-refractivity contribution < 1.29 is 32.3 Å². The predicted molar refractivity (Wildman–Crippen MR) is 105 cm³/mol. The molecule has 2 aromatic carbocycles. The highest BCUT2D eigenvalue weighted by Crippen LogP contribution is 2.40. The van der Waals surface area contributed by atoms with Crippen LogP contribution in [0.15, 0.2) is 47.4 Å². The van der Waals surface area contributed by atoms with E-state index in [1.807, 2.05) is 0 Å². The Bertz CT molecular complexity index is 994. The second-order valence-corrected chi connectivity index (χ2v) is 7.57. The number of ether oxygens (including phenoxy) is 1. The molecule has 0 bridgehead atoms. The smallest absolute Gasteiger partial charge is 0.416 e. The van der Waals surface area contributed by atoms with Gasteiger partial charge in [-0.1, -0.05) is 12.1 Å². The summed E-state index contributed by atoms with van der Waals surface area (Å²) in [5.41, 5.74) is -0.381. The Morgan fingerprint density at radius 2 is 1.93 bits per heavy atom. The molecule has 2 N–H and O–H groups in total. The maximum atomic E-state index is 12.8. The van der Waals surface area contributed by atoms with Crippen LogP contribution in [0.4, 0.5) is 24.5 Å². The first kappa shape index (κ1) is 21.7. The molecule has 0 spiro atoms. The van der Waals surface area contributed by atoms with E-state index in [1.165, 1.54) is 18.2 Å². The number of nitrogens with one attached hydrogen (secondary N) is 2. The molecule has 10 heteroatoms. The van der Waals surface area contributed by atoms with Gasteiger partial charge in [-0.05, 0) is 37.3 Å². The molecule has 3 rings (SSSR count). The number of hydrogen-bond donors (Lipinski definition) is 2. The number of esters is 1. The van der Waals surface area contributed by atoms with E-state index >= 15 is 0 Å². The molecule has 1 aliphatic rings. The number of thioether (sulfide) groups is 1. The van der Waals surface area contributed by atoms with Crippen LogP contribution in [0, 0.1) is 0 Å². The van der Waals surface area contributed by atoms with Gasteiger partial charge >= 0.3 is 12.1 Å². The number of rotatable bonds is 5. The number of amides is 2. The summed E-state index contributed by atoms with van der Waals surface area (Å²) in [5, 5.41) is 4.18. The Labute approximate surface area is 174 Å². The van der Waals surface area contributed by atoms with Crippen LogP contribution in [0.5, 0.6) is 0 Å². The van der Waals surface area contributed by atoms with Crippen LogP contribution in [-0.2, 0) is 20.5 Å². The number of carbonyl (C=O) groups excluding carboxylic acids is 3. The largest absolute Gasteiger partial charge is 0.462 e. The molecular weight excluding hydrogens is 421 g/mol. The second kappa shape index (κ2) is 8.78. The minimum absolute atomic E-state index is 0.0594. The summed E-state index contributed by atoms with van der Waals surface area (Å²) in [6.45, 7) is 1.84. The first-order valence-corrected chi connectivity index (χ1v) is 9.81. The lowest BCUT2D eigenvalue weighted by Crippen LogP contribution is -2.32. The van der Waals surface area contributed by atoms with E-state index in [-0.39, 0.29) is 30.0 Å². The molecule has 6 nitrogen and oxygen atoms in total. The van der Waals surface area contributed by atoms with E-state index < -0.39 is 34.8 Å². The van der Waals surface area contributed by atoms with Gasteiger partial charge in [-0.2, -0.15) is 13.2 Å². The third kappa shape index (κ3) is 4.93. The first-order chi connectivity index (χ1) is 14.2. The van der Waals surface area contributed by atoms with Crippen molar-refractivity contribution >= 4 is 40.9 Å². The van der Waals surface area contributed by atoms with Crippen molar-refractivity contribution in [2.75, 3.05) is 17.2 Å². The highest BCUT2D eigenvalue weighted by Gasteiger charge is 2.34. The van der Waals surface area contributed by atoms with Crippen LogP contribution in [0.1, 0.15) is 29.3 Å². The summed E-state index contributed by atoms with van der Waals surface area (Å²) in [6.07, 6.45) is -4.75. The third-order valence-electron chi connectivity index (χ3n) is 4.19. The molecule has 1 aliphatic heterocycles. The van der Waals surface area contributed by atoms with Gasteiger partial charge in [0.2, 0.25) is 11.8 Å². The van der Waals surface area contributed by atoms with Gasteiger partial charge in [0, 0.05) is 11.3 Å². The summed E-state index contributed by atoms with van der Waals surface area (Å²) < 4.78 is 43.5. The number of carbonyl (C=O) groups is 3. The molecule has 2 amide bonds. The summed E-state index contributed by atoms with van der Waals surface area (Å²) in [4.78, 5) is 37.2. The topological polar surface area (TPSA) is 84.5 Å². The number of halogens is 3. The fourth-order valence-electron chi connectivity index (χ4n) is 2.81. The standard InChI is InChI=1S/C20H17F3N2O4S/c1-2-29-19(28)12-5-3-4-6-13(12)24-17(26)10-16-18(27)25-14-9-11(20(21,22)23)7-8-15(14)30-16/h3-9,16H,2,10H2,1H3,(H,24,26)(H,25,27)/t16-/m1/s1. The Morgan fingerprint density at radius 3 is 2.63 bits per heavy atom. The Kier molecular flexibility index (Phi) is 6.35. The monoisotopic (exact) mass is 438 g/mol. The van der Waals surface area contributed by atoms with Crippen LogP contribution in [-0.4, -0.2) is 29.6 Å². The molecule has 158 valence electrons. The Morgan fingerprint density at radius 1 is 1.20 bits per heavy atom. The van der Waals surface area contributed by atoms with E-state index in [0.29, 0.717) is 4.90 Å². The Balaban J connectivity index is 1.70. The predicted octanol–water partition coefficient (Wildman–Crippen LogP) is 4.32. The normalized spacial score (nSPS) is 15.7. The second-order valence-electron chi connectivity index (χ2n) is 6.32. The fraction of sp³-hybridized carbons (Fsp3) is 0.250. The molecule has 0 saturated heterocycles. The fourth-order valence-corrected chi connectivity index (χ4v) is 3.90. The van der Waals surface area contributed by atoms with Gasteiger partial charge in [-0.25, -0.2) is 4.79 Å². The summed E-state index contributed by atoms with van der Waals surface area (Å²) in [5.74, 6) is -1.68. The molecule has 30 heavy (non-hydrogen) atoms. The lowest BCUT2D eigenvalue weighted by molar-refractivity contribution is -0.137. The van der Waals surface area contributed by atoms with Crippen molar-refractivity contribution in [2.24, 2.45) is 0 Å². The maximum Gasteiger partial charge on any atom is 0.416 e. The van der Waals surface area contributed by atoms with Gasteiger partial charge in [-0.3, -0.25) is 9.59 Å². The van der Waals surface area contributed by atoms with Crippen LogP contribution in [0.3, 0.4) is 0 Å². The zero-order valence-electron chi connectivity index (χ0n) is 15.7. The Hall–Kier alpha value is -3.01. The minimum Gasteiger partial charge on any atom is -0.462 e. The molecule has 2 aromatic rings. The van der Waals surface area contributed by atoms with E-state index in [2.05, 4.69) is 10.6 Å². The number of anilines is 2. The summed E-state index contributed by atoms with van der Waals surface area (Å²) in [6, 6.07) is 9.36. The number of fused-ring (bicyclic) bond motifs is 1. The van der Waals surface area contributed by atoms with E-state index in [4.69, 9.17) is 4.74 Å². The van der Waals surface area contributed by atoms with Gasteiger partial charge in [0.05, 0.1) is 34.4 Å². The zero-order chi connectivity index (χ0) is 21.9. The quantitative estimate of drug-likeness (QED) is 0.679. The lowest BCUT2D eigenvalue weighted by Gasteiger charge is -2.24. The third-order valence-corrected chi connectivity index (χ3v) is 5.47. The SMILES string of the molecule is CCOC(=O)c1ccccc1NC(=O)C[C@H]1Sc2ccc(C(F)(F)F)cc2NC1=O. The molecule has 0 fully saturated rings. The molecule has 1 heterocycles. The van der Waals surface area contributed by atoms with Crippen LogP contribution < -0.4 is 10.6 Å². The minimum atomic E-state index is -4.52. The molecule has 0 saturated carbocycles.